The van der Waals surface area contributed by atoms with Gasteiger partial charge in [-0.2, -0.15) is 0 Å². The van der Waals surface area contributed by atoms with Crippen LogP contribution in [-0.2, 0) is 6.42 Å². The fourth-order valence-corrected chi connectivity index (χ4v) is 2.71. The molecule has 4 nitrogen and oxygen atoms in total. The molecule has 2 aromatic rings. The van der Waals surface area contributed by atoms with Crippen LogP contribution in [0.1, 0.15) is 24.3 Å². The minimum absolute atomic E-state index is 0.385. The third-order valence-corrected chi connectivity index (χ3v) is 4.03. The molecule has 18 heavy (non-hydrogen) atoms. The molecular weight excluding hydrogens is 270 g/mol. The molecule has 0 saturated heterocycles. The Morgan fingerprint density at radius 2 is 2.28 bits per heavy atom. The second-order valence-electron chi connectivity index (χ2n) is 4.44. The molecule has 1 N–H and O–H groups in total. The lowest BCUT2D eigenvalue weighted by molar-refractivity contribution is 0.583. The van der Waals surface area contributed by atoms with E-state index in [1.54, 1.807) is 17.4 Å². The summed E-state index contributed by atoms with van der Waals surface area (Å²) < 4.78 is 5.31. The number of hydrogen-bond donors (Lipinski definition) is 1. The normalized spacial score (nSPS) is 15.2. The molecule has 0 bridgehead atoms. The van der Waals surface area contributed by atoms with Gasteiger partial charge in [0.2, 0.25) is 0 Å². The van der Waals surface area contributed by atoms with Crippen LogP contribution in [-0.4, -0.2) is 22.8 Å². The number of furan rings is 1. The average Bonchev–Trinajstić information content (AvgIpc) is 2.88. The van der Waals surface area contributed by atoms with E-state index in [-0.39, 0.29) is 0 Å². The molecule has 0 amide bonds. The standard InChI is InChI=1S/C12H14ClN3OS/c13-10-6-5-9(17-10)12-16-15-11(18-12)2-1-7-14-8-3-4-8/h5-6,8,14H,1-4,7H2. The fourth-order valence-electron chi connectivity index (χ4n) is 1.72. The van der Waals surface area contributed by atoms with Crippen molar-refractivity contribution in [2.45, 2.75) is 31.7 Å². The molecule has 0 aliphatic heterocycles. The summed E-state index contributed by atoms with van der Waals surface area (Å²) >= 11 is 7.31. The van der Waals surface area contributed by atoms with Crippen LogP contribution in [0.2, 0.25) is 5.22 Å². The molecule has 0 unspecified atom stereocenters. The van der Waals surface area contributed by atoms with E-state index in [2.05, 4.69) is 15.5 Å². The molecule has 0 radical (unpaired) electrons. The molecule has 3 rings (SSSR count). The summed E-state index contributed by atoms with van der Waals surface area (Å²) in [6, 6.07) is 4.32. The van der Waals surface area contributed by atoms with Gasteiger partial charge in [0.25, 0.3) is 0 Å². The van der Waals surface area contributed by atoms with Gasteiger partial charge in [0, 0.05) is 12.5 Å². The van der Waals surface area contributed by atoms with Crippen LogP contribution in [0.5, 0.6) is 0 Å². The quantitative estimate of drug-likeness (QED) is 0.828. The van der Waals surface area contributed by atoms with Crippen molar-refractivity contribution in [3.8, 4) is 10.8 Å². The van der Waals surface area contributed by atoms with Crippen molar-refractivity contribution in [1.82, 2.24) is 15.5 Å². The van der Waals surface area contributed by atoms with Gasteiger partial charge in [-0.15, -0.1) is 10.2 Å². The van der Waals surface area contributed by atoms with Gasteiger partial charge in [0.15, 0.2) is 16.0 Å². The van der Waals surface area contributed by atoms with Crippen LogP contribution in [0, 0.1) is 0 Å². The maximum atomic E-state index is 5.74. The van der Waals surface area contributed by atoms with E-state index in [0.717, 1.165) is 35.4 Å². The molecule has 1 saturated carbocycles. The first kappa shape index (κ1) is 12.1. The molecule has 0 atom stereocenters. The van der Waals surface area contributed by atoms with Crippen molar-refractivity contribution in [1.29, 1.82) is 0 Å². The summed E-state index contributed by atoms with van der Waals surface area (Å²) in [4.78, 5) is 0. The first-order valence-electron chi connectivity index (χ1n) is 6.13. The monoisotopic (exact) mass is 283 g/mol. The highest BCUT2D eigenvalue weighted by Crippen LogP contribution is 2.27. The van der Waals surface area contributed by atoms with E-state index in [0.29, 0.717) is 11.0 Å². The summed E-state index contributed by atoms with van der Waals surface area (Å²) in [6.07, 6.45) is 4.74. The second kappa shape index (κ2) is 5.38. The highest BCUT2D eigenvalue weighted by Gasteiger charge is 2.19. The average molecular weight is 284 g/mol. The molecule has 1 aliphatic carbocycles. The zero-order valence-electron chi connectivity index (χ0n) is 9.86. The van der Waals surface area contributed by atoms with Crippen molar-refractivity contribution < 1.29 is 4.42 Å². The maximum absolute atomic E-state index is 5.74. The molecule has 0 aromatic carbocycles. The minimum Gasteiger partial charge on any atom is -0.442 e. The SMILES string of the molecule is Clc1ccc(-c2nnc(CCCNC3CC3)s2)o1. The molecule has 2 aromatic heterocycles. The summed E-state index contributed by atoms with van der Waals surface area (Å²) in [7, 11) is 0. The summed E-state index contributed by atoms with van der Waals surface area (Å²) in [6.45, 7) is 1.06. The number of nitrogens with zero attached hydrogens (tertiary/aromatic N) is 2. The Bertz CT molecular complexity index is 521. The zero-order chi connectivity index (χ0) is 12.4. The Balaban J connectivity index is 1.52. The lowest BCUT2D eigenvalue weighted by Crippen LogP contribution is -2.17. The predicted molar refractivity (Wildman–Crippen MR) is 72.0 cm³/mol. The first-order chi connectivity index (χ1) is 8.81. The van der Waals surface area contributed by atoms with E-state index in [1.165, 1.54) is 12.8 Å². The summed E-state index contributed by atoms with van der Waals surface area (Å²) in [5.41, 5.74) is 0. The number of nitrogens with one attached hydrogen (secondary N) is 1. The minimum atomic E-state index is 0.385. The van der Waals surface area contributed by atoms with Gasteiger partial charge < -0.3 is 9.73 Å². The van der Waals surface area contributed by atoms with E-state index in [9.17, 15) is 0 Å². The van der Waals surface area contributed by atoms with E-state index in [1.807, 2.05) is 6.07 Å². The lowest BCUT2D eigenvalue weighted by atomic mass is 10.3. The summed E-state index contributed by atoms with van der Waals surface area (Å²) in [5.74, 6) is 0.694. The highest BCUT2D eigenvalue weighted by molar-refractivity contribution is 7.14. The number of aromatic nitrogens is 2. The maximum Gasteiger partial charge on any atom is 0.194 e. The number of halogens is 1. The van der Waals surface area contributed by atoms with Crippen molar-refractivity contribution in [2.75, 3.05) is 6.54 Å². The van der Waals surface area contributed by atoms with Gasteiger partial charge in [-0.3, -0.25) is 0 Å². The Morgan fingerprint density at radius 1 is 1.39 bits per heavy atom. The topological polar surface area (TPSA) is 51.0 Å². The Hall–Kier alpha value is -0.910. The Kier molecular flexibility index (Phi) is 3.63. The van der Waals surface area contributed by atoms with Crippen LogP contribution in [0.25, 0.3) is 10.8 Å². The molecular formula is C12H14ClN3OS. The largest absolute Gasteiger partial charge is 0.442 e. The van der Waals surface area contributed by atoms with Gasteiger partial charge in [-0.1, -0.05) is 11.3 Å². The smallest absolute Gasteiger partial charge is 0.194 e. The van der Waals surface area contributed by atoms with Crippen LogP contribution >= 0.6 is 22.9 Å². The Labute approximate surface area is 114 Å². The molecule has 2 heterocycles. The van der Waals surface area contributed by atoms with Crippen LogP contribution in [0.4, 0.5) is 0 Å². The number of aryl methyl sites for hydroxylation is 1. The fraction of sp³-hybridized carbons (Fsp3) is 0.500. The molecule has 1 fully saturated rings. The van der Waals surface area contributed by atoms with E-state index in [4.69, 9.17) is 16.0 Å². The molecule has 6 heteroatoms. The number of hydrogen-bond acceptors (Lipinski definition) is 5. The first-order valence-corrected chi connectivity index (χ1v) is 7.32. The predicted octanol–water partition coefficient (Wildman–Crippen LogP) is 3.14. The van der Waals surface area contributed by atoms with Crippen LogP contribution in [0.3, 0.4) is 0 Å². The van der Waals surface area contributed by atoms with Crippen LogP contribution in [0.15, 0.2) is 16.5 Å². The molecule has 0 spiro atoms. The van der Waals surface area contributed by atoms with Gasteiger partial charge in [-0.25, -0.2) is 0 Å². The van der Waals surface area contributed by atoms with E-state index >= 15 is 0 Å². The highest BCUT2D eigenvalue weighted by atomic mass is 35.5. The summed E-state index contributed by atoms with van der Waals surface area (Å²) in [5, 5.41) is 14.0. The van der Waals surface area contributed by atoms with Crippen molar-refractivity contribution in [3.63, 3.8) is 0 Å². The van der Waals surface area contributed by atoms with Crippen molar-refractivity contribution >= 4 is 22.9 Å². The van der Waals surface area contributed by atoms with Gasteiger partial charge in [0.1, 0.15) is 5.01 Å². The lowest BCUT2D eigenvalue weighted by Gasteiger charge is -1.99. The third kappa shape index (κ3) is 3.10. The second-order valence-corrected chi connectivity index (χ2v) is 5.87. The van der Waals surface area contributed by atoms with Gasteiger partial charge >= 0.3 is 0 Å². The molecule has 96 valence electrons. The van der Waals surface area contributed by atoms with Crippen molar-refractivity contribution in [3.05, 3.63) is 22.4 Å². The molecule has 1 aliphatic rings. The Morgan fingerprint density at radius 3 is 3.00 bits per heavy atom. The van der Waals surface area contributed by atoms with E-state index < -0.39 is 0 Å². The van der Waals surface area contributed by atoms with Gasteiger partial charge in [0.05, 0.1) is 0 Å². The van der Waals surface area contributed by atoms with Crippen LogP contribution < -0.4 is 5.32 Å². The zero-order valence-corrected chi connectivity index (χ0v) is 11.4. The van der Waals surface area contributed by atoms with Crippen molar-refractivity contribution in [2.24, 2.45) is 0 Å². The number of rotatable bonds is 6. The third-order valence-electron chi connectivity index (χ3n) is 2.83. The van der Waals surface area contributed by atoms with Gasteiger partial charge in [-0.05, 0) is 49.5 Å².